The van der Waals surface area contributed by atoms with E-state index in [1.165, 1.54) is 23.0 Å². The molecule has 0 unspecified atom stereocenters. The molecule has 5 rings (SSSR count). The molecule has 4 aromatic rings. The zero-order chi connectivity index (χ0) is 30.8. The maximum atomic E-state index is 14.1. The van der Waals surface area contributed by atoms with Crippen LogP contribution in [0.3, 0.4) is 0 Å². The monoisotopic (exact) mass is 720 g/mol. The van der Waals surface area contributed by atoms with Crippen LogP contribution in [0.1, 0.15) is 36.6 Å². The molecule has 0 fully saturated rings. The number of methoxy groups -OCH3 is 1. The first-order valence-electron chi connectivity index (χ1n) is 13.0. The van der Waals surface area contributed by atoms with Gasteiger partial charge >= 0.3 is 5.97 Å². The zero-order valence-electron chi connectivity index (χ0n) is 23.1. The number of nitrogens with zero attached hydrogens (tertiary/aromatic N) is 2. The summed E-state index contributed by atoms with van der Waals surface area (Å²) >= 11 is 23.7. The van der Waals surface area contributed by atoms with Crippen molar-refractivity contribution in [3.8, 4) is 11.5 Å². The molecule has 0 radical (unpaired) electrons. The Bertz CT molecular complexity index is 1950. The second-order valence-corrected chi connectivity index (χ2v) is 12.6. The van der Waals surface area contributed by atoms with Crippen LogP contribution in [-0.4, -0.2) is 24.3 Å². The summed E-state index contributed by atoms with van der Waals surface area (Å²) in [5.74, 6) is 0.303. The van der Waals surface area contributed by atoms with Gasteiger partial charge in [0.25, 0.3) is 5.56 Å². The number of benzene rings is 3. The van der Waals surface area contributed by atoms with Gasteiger partial charge in [0.05, 0.1) is 29.5 Å². The van der Waals surface area contributed by atoms with E-state index in [4.69, 9.17) is 49.0 Å². The fourth-order valence-corrected chi connectivity index (χ4v) is 6.91. The van der Waals surface area contributed by atoms with Crippen LogP contribution in [0, 0.1) is 0 Å². The Balaban J connectivity index is 1.67. The van der Waals surface area contributed by atoms with E-state index in [9.17, 15) is 9.59 Å². The lowest BCUT2D eigenvalue weighted by atomic mass is 9.96. The van der Waals surface area contributed by atoms with Crippen molar-refractivity contribution in [2.75, 3.05) is 13.7 Å². The van der Waals surface area contributed by atoms with E-state index in [-0.39, 0.29) is 24.3 Å². The lowest BCUT2D eigenvalue weighted by Gasteiger charge is -2.25. The number of halogens is 4. The highest BCUT2D eigenvalue weighted by Gasteiger charge is 2.34. The number of carbonyl (C=O) groups excluding carboxylic acids is 1. The normalized spacial score (nSPS) is 14.8. The first kappa shape index (κ1) is 31.3. The number of hydrogen-bond acceptors (Lipinski definition) is 7. The molecule has 0 spiro atoms. The maximum absolute atomic E-state index is 14.1. The topological polar surface area (TPSA) is 79.1 Å². The summed E-state index contributed by atoms with van der Waals surface area (Å²) < 4.78 is 19.8. The van der Waals surface area contributed by atoms with Crippen LogP contribution < -0.4 is 24.4 Å². The third-order valence-corrected chi connectivity index (χ3v) is 9.03. The second kappa shape index (κ2) is 13.3. The van der Waals surface area contributed by atoms with Crippen molar-refractivity contribution in [3.05, 3.63) is 122 Å². The molecule has 0 saturated carbocycles. The van der Waals surface area contributed by atoms with Crippen molar-refractivity contribution < 1.29 is 19.0 Å². The number of carbonyl (C=O) groups is 1. The molecule has 1 atom stereocenters. The zero-order valence-corrected chi connectivity index (χ0v) is 27.8. The highest BCUT2D eigenvalue weighted by molar-refractivity contribution is 9.10. The van der Waals surface area contributed by atoms with Gasteiger partial charge in [0, 0.05) is 30.7 Å². The SMILES string of the molecule is CCOC(=O)C1=C(C)N=c2s/c(=C\c3cc(Br)cc(OC)c3OCc3ccc(Cl)cc3Cl)c(=O)n2[C@H]1c1ccccc1Cl. The standard InChI is InChI=1S/C31H24BrCl3N2O5S/c1-4-41-30(39)26-16(2)36-31-37(27(26)21-7-5-6-8-22(21)34)29(38)25(43-31)12-18-11-19(32)13-24(40-3)28(18)42-15-17-9-10-20(33)14-23(17)35/h5-14,27H,4,15H2,1-3H3/b25-12-/t27-/m0/s1. The van der Waals surface area contributed by atoms with Crippen LogP contribution in [0.15, 0.2) is 80.1 Å². The van der Waals surface area contributed by atoms with Gasteiger partial charge in [-0.2, -0.15) is 0 Å². The quantitative estimate of drug-likeness (QED) is 0.181. The number of hydrogen-bond donors (Lipinski definition) is 0. The van der Waals surface area contributed by atoms with Gasteiger partial charge in [0.1, 0.15) is 12.6 Å². The predicted molar refractivity (Wildman–Crippen MR) is 173 cm³/mol. The number of esters is 1. The van der Waals surface area contributed by atoms with E-state index in [1.54, 1.807) is 68.5 Å². The van der Waals surface area contributed by atoms with Gasteiger partial charge < -0.3 is 14.2 Å². The highest BCUT2D eigenvalue weighted by atomic mass is 79.9. The van der Waals surface area contributed by atoms with Crippen molar-refractivity contribution in [1.82, 2.24) is 4.57 Å². The second-order valence-electron chi connectivity index (χ2n) is 9.37. The van der Waals surface area contributed by atoms with Crippen molar-refractivity contribution in [3.63, 3.8) is 0 Å². The Labute approximate surface area is 274 Å². The van der Waals surface area contributed by atoms with Gasteiger partial charge in [-0.15, -0.1) is 0 Å². The molecule has 0 N–H and O–H groups in total. The third-order valence-electron chi connectivity index (χ3n) is 6.66. The van der Waals surface area contributed by atoms with Crippen LogP contribution in [0.4, 0.5) is 0 Å². The maximum Gasteiger partial charge on any atom is 0.338 e. The minimum Gasteiger partial charge on any atom is -0.493 e. The molecule has 0 aliphatic carbocycles. The average Bonchev–Trinajstić information content (AvgIpc) is 3.26. The molecule has 0 bridgehead atoms. The summed E-state index contributed by atoms with van der Waals surface area (Å²) in [7, 11) is 1.53. The Morgan fingerprint density at radius 2 is 1.88 bits per heavy atom. The van der Waals surface area contributed by atoms with Crippen LogP contribution >= 0.6 is 62.1 Å². The van der Waals surface area contributed by atoms with Gasteiger partial charge in [0.15, 0.2) is 16.3 Å². The lowest BCUT2D eigenvalue weighted by molar-refractivity contribution is -0.139. The van der Waals surface area contributed by atoms with E-state index in [2.05, 4.69) is 20.9 Å². The summed E-state index contributed by atoms with van der Waals surface area (Å²) in [4.78, 5) is 32.3. The van der Waals surface area contributed by atoms with E-state index < -0.39 is 12.0 Å². The van der Waals surface area contributed by atoms with Gasteiger partial charge in [-0.3, -0.25) is 9.36 Å². The molecular weight excluding hydrogens is 699 g/mol. The molecule has 0 amide bonds. The fraction of sp³-hybridized carbons (Fsp3) is 0.194. The largest absolute Gasteiger partial charge is 0.493 e. The van der Waals surface area contributed by atoms with Gasteiger partial charge in [-0.25, -0.2) is 9.79 Å². The minimum absolute atomic E-state index is 0.130. The van der Waals surface area contributed by atoms with Crippen molar-refractivity contribution in [2.24, 2.45) is 4.99 Å². The number of rotatable bonds is 8. The smallest absolute Gasteiger partial charge is 0.338 e. The van der Waals surface area contributed by atoms with Gasteiger partial charge in [0.2, 0.25) is 0 Å². The highest BCUT2D eigenvalue weighted by Crippen LogP contribution is 2.37. The molecule has 222 valence electrons. The minimum atomic E-state index is -0.828. The Hall–Kier alpha value is -3.08. The number of allylic oxidation sites excluding steroid dienone is 1. The van der Waals surface area contributed by atoms with Crippen molar-refractivity contribution in [2.45, 2.75) is 26.5 Å². The predicted octanol–water partition coefficient (Wildman–Crippen LogP) is 7.11. The number of aromatic nitrogens is 1. The van der Waals surface area contributed by atoms with E-state index in [0.29, 0.717) is 52.7 Å². The molecule has 3 aromatic carbocycles. The molecule has 0 saturated heterocycles. The summed E-state index contributed by atoms with van der Waals surface area (Å²) in [6.07, 6.45) is 1.71. The summed E-state index contributed by atoms with van der Waals surface area (Å²) in [5.41, 5.74) is 2.24. The lowest BCUT2D eigenvalue weighted by Crippen LogP contribution is -2.40. The van der Waals surface area contributed by atoms with Crippen molar-refractivity contribution >= 4 is 74.1 Å². The summed E-state index contributed by atoms with van der Waals surface area (Å²) in [6, 6.07) is 15.0. The van der Waals surface area contributed by atoms with Crippen LogP contribution in [-0.2, 0) is 16.1 Å². The molecule has 7 nitrogen and oxygen atoms in total. The summed E-state index contributed by atoms with van der Waals surface area (Å²) in [5, 5.41) is 1.39. The Morgan fingerprint density at radius 3 is 2.58 bits per heavy atom. The Morgan fingerprint density at radius 1 is 1.12 bits per heavy atom. The first-order valence-corrected chi connectivity index (χ1v) is 15.8. The first-order chi connectivity index (χ1) is 20.6. The van der Waals surface area contributed by atoms with E-state index in [1.807, 2.05) is 6.07 Å². The molecule has 1 aliphatic heterocycles. The van der Waals surface area contributed by atoms with Gasteiger partial charge in [-0.1, -0.05) is 86.3 Å². The number of thiazole rings is 1. The number of fused-ring (bicyclic) bond motifs is 1. The van der Waals surface area contributed by atoms with Crippen LogP contribution in [0.25, 0.3) is 6.08 Å². The number of ether oxygens (including phenoxy) is 3. The van der Waals surface area contributed by atoms with Crippen LogP contribution in [0.5, 0.6) is 11.5 Å². The fourth-order valence-electron chi connectivity index (χ4n) is 4.71. The molecule has 12 heteroatoms. The molecule has 1 aliphatic rings. The molecule has 2 heterocycles. The molecular formula is C31H24BrCl3N2O5S. The third kappa shape index (κ3) is 6.42. The van der Waals surface area contributed by atoms with E-state index in [0.717, 1.165) is 10.0 Å². The van der Waals surface area contributed by atoms with Gasteiger partial charge in [-0.05, 0) is 55.8 Å². The Kier molecular flexibility index (Phi) is 9.68. The molecule has 43 heavy (non-hydrogen) atoms. The van der Waals surface area contributed by atoms with E-state index >= 15 is 0 Å². The van der Waals surface area contributed by atoms with Crippen molar-refractivity contribution in [1.29, 1.82) is 0 Å². The average molecular weight is 723 g/mol. The van der Waals surface area contributed by atoms with Crippen LogP contribution in [0.2, 0.25) is 15.1 Å². The summed E-state index contributed by atoms with van der Waals surface area (Å²) in [6.45, 7) is 3.75. The molecule has 1 aromatic heterocycles.